The maximum Gasteiger partial charge on any atom is 0.321 e. The summed E-state index contributed by atoms with van der Waals surface area (Å²) in [6.45, 7) is 3.97. The molecule has 10 nitrogen and oxygen atoms in total. The van der Waals surface area contributed by atoms with Crippen LogP contribution >= 0.6 is 0 Å². The van der Waals surface area contributed by atoms with Gasteiger partial charge < -0.3 is 30.3 Å². The fraction of sp³-hybridized carbons (Fsp3) is 0.333. The molecular formula is C30H34FN5O5. The van der Waals surface area contributed by atoms with Crippen molar-refractivity contribution in [3.63, 3.8) is 0 Å². The van der Waals surface area contributed by atoms with Gasteiger partial charge in [0.25, 0.3) is 5.91 Å². The summed E-state index contributed by atoms with van der Waals surface area (Å²) in [5, 5.41) is 15.4. The minimum atomic E-state index is -0.519. The maximum atomic E-state index is 13.4. The number of pyridine rings is 1. The topological polar surface area (TPSA) is 124 Å². The van der Waals surface area contributed by atoms with Crippen LogP contribution in [-0.2, 0) is 11.2 Å². The van der Waals surface area contributed by atoms with E-state index in [1.54, 1.807) is 49.2 Å². The number of fused-ring (bicyclic) bond motifs is 1. The quantitative estimate of drug-likeness (QED) is 0.402. The number of aromatic nitrogens is 1. The molecule has 4 rings (SSSR count). The van der Waals surface area contributed by atoms with E-state index in [-0.39, 0.29) is 37.3 Å². The molecule has 2 heterocycles. The van der Waals surface area contributed by atoms with Gasteiger partial charge in [-0.3, -0.25) is 14.6 Å². The molecule has 41 heavy (non-hydrogen) atoms. The van der Waals surface area contributed by atoms with Gasteiger partial charge in [0, 0.05) is 54.4 Å². The number of aliphatic hydroxyl groups excluding tert-OH is 1. The summed E-state index contributed by atoms with van der Waals surface area (Å²) < 4.78 is 19.7. The van der Waals surface area contributed by atoms with Gasteiger partial charge in [-0.15, -0.1) is 0 Å². The zero-order chi connectivity index (χ0) is 29.5. The fourth-order valence-electron chi connectivity index (χ4n) is 4.54. The van der Waals surface area contributed by atoms with Crippen LogP contribution in [0.25, 0.3) is 0 Å². The molecule has 0 saturated heterocycles. The first-order valence-electron chi connectivity index (χ1n) is 13.3. The second-order valence-electron chi connectivity index (χ2n) is 10.2. The number of hydrogen-bond donors (Lipinski definition) is 3. The van der Waals surface area contributed by atoms with E-state index in [1.165, 1.54) is 41.6 Å². The molecular weight excluding hydrogens is 529 g/mol. The van der Waals surface area contributed by atoms with E-state index in [4.69, 9.17) is 4.74 Å². The van der Waals surface area contributed by atoms with Crippen molar-refractivity contribution < 1.29 is 28.6 Å². The van der Waals surface area contributed by atoms with Crippen molar-refractivity contribution in [2.45, 2.75) is 32.4 Å². The van der Waals surface area contributed by atoms with Crippen LogP contribution in [0.2, 0.25) is 0 Å². The smallest absolute Gasteiger partial charge is 0.321 e. The molecule has 1 aliphatic heterocycles. The second-order valence-corrected chi connectivity index (χ2v) is 10.2. The third-order valence-electron chi connectivity index (χ3n) is 7.01. The molecule has 1 aliphatic rings. The molecule has 0 saturated carbocycles. The Morgan fingerprint density at radius 3 is 2.49 bits per heavy atom. The Balaban J connectivity index is 1.58. The van der Waals surface area contributed by atoms with E-state index >= 15 is 0 Å². The van der Waals surface area contributed by atoms with Crippen molar-refractivity contribution in [3.8, 4) is 5.75 Å². The first-order chi connectivity index (χ1) is 19.6. The molecule has 3 aromatic rings. The number of carbonyl (C=O) groups is 3. The van der Waals surface area contributed by atoms with Crippen LogP contribution in [0.5, 0.6) is 5.75 Å². The number of carbonyl (C=O) groups excluding carboxylic acids is 3. The Labute approximate surface area is 238 Å². The fourth-order valence-corrected chi connectivity index (χ4v) is 4.54. The number of amides is 4. The monoisotopic (exact) mass is 563 g/mol. The van der Waals surface area contributed by atoms with Crippen LogP contribution in [0.1, 0.15) is 29.8 Å². The lowest BCUT2D eigenvalue weighted by molar-refractivity contribution is -0.134. The van der Waals surface area contributed by atoms with Gasteiger partial charge in [0.15, 0.2) is 0 Å². The molecule has 0 spiro atoms. The molecule has 0 fully saturated rings. The van der Waals surface area contributed by atoms with E-state index in [1.807, 2.05) is 6.92 Å². The number of hydrogen-bond acceptors (Lipinski definition) is 6. The summed E-state index contributed by atoms with van der Waals surface area (Å²) in [6.07, 6.45) is 2.54. The summed E-state index contributed by atoms with van der Waals surface area (Å²) in [6, 6.07) is 12.9. The number of nitrogens with zero attached hydrogens (tertiary/aromatic N) is 3. The molecule has 0 bridgehead atoms. The summed E-state index contributed by atoms with van der Waals surface area (Å²) in [4.78, 5) is 46.0. The normalized spacial score (nSPS) is 17.7. The lowest BCUT2D eigenvalue weighted by Gasteiger charge is -2.34. The Morgan fingerprint density at radius 1 is 1.12 bits per heavy atom. The lowest BCUT2D eigenvalue weighted by atomic mass is 10.0. The molecule has 0 radical (unpaired) electrons. The van der Waals surface area contributed by atoms with Gasteiger partial charge in [-0.05, 0) is 61.5 Å². The number of halogens is 1. The molecule has 2 aromatic carbocycles. The summed E-state index contributed by atoms with van der Waals surface area (Å²) in [5.41, 5.74) is 1.94. The summed E-state index contributed by atoms with van der Waals surface area (Å²) in [5.74, 6) is -0.671. The van der Waals surface area contributed by atoms with Crippen LogP contribution in [-0.4, -0.2) is 76.6 Å². The number of ether oxygens (including phenoxy) is 1. The number of rotatable bonds is 7. The van der Waals surface area contributed by atoms with Crippen molar-refractivity contribution in [1.29, 1.82) is 0 Å². The highest BCUT2D eigenvalue weighted by molar-refractivity contribution is 6.04. The third kappa shape index (κ3) is 7.57. The Bertz CT molecular complexity index is 1370. The number of urea groups is 1. The Hall–Kier alpha value is -4.51. The second kappa shape index (κ2) is 13.2. The number of likely N-dealkylation sites (N-methyl/N-ethyl adjacent to an activating group) is 1. The van der Waals surface area contributed by atoms with Crippen molar-refractivity contribution in [2.24, 2.45) is 5.92 Å². The molecule has 11 heteroatoms. The number of benzene rings is 2. The van der Waals surface area contributed by atoms with Gasteiger partial charge in [0.2, 0.25) is 5.91 Å². The van der Waals surface area contributed by atoms with Crippen LogP contribution in [0.15, 0.2) is 67.0 Å². The largest absolute Gasteiger partial charge is 0.488 e. The van der Waals surface area contributed by atoms with Crippen molar-refractivity contribution in [3.05, 3.63) is 83.9 Å². The SMILES string of the molecule is C[C@@H]1CN([C@H](C)CO)C(=O)Cc2cc(NC(=O)c3ccncc3)ccc2O[C@@H]1CN(C)C(=O)Nc1ccc(F)cc1. The van der Waals surface area contributed by atoms with Crippen molar-refractivity contribution in [2.75, 3.05) is 37.4 Å². The standard InChI is InChI=1S/C30H34FN5O5/c1-19-16-36(20(2)18-37)28(38)15-22-14-25(33-29(39)21-10-12-32-13-11-21)8-9-26(22)41-27(19)17-35(3)30(40)34-24-6-4-23(31)5-7-24/h4-14,19-20,27,37H,15-18H2,1-3H3,(H,33,39)(H,34,40)/t19-,20-,27-/m1/s1. The van der Waals surface area contributed by atoms with E-state index in [0.29, 0.717) is 34.8 Å². The first-order valence-corrected chi connectivity index (χ1v) is 13.3. The Morgan fingerprint density at radius 2 is 1.80 bits per heavy atom. The predicted octanol–water partition coefficient (Wildman–Crippen LogP) is 3.79. The molecule has 216 valence electrons. The van der Waals surface area contributed by atoms with Gasteiger partial charge in [-0.1, -0.05) is 6.92 Å². The van der Waals surface area contributed by atoms with Crippen LogP contribution in [0.3, 0.4) is 0 Å². The minimum Gasteiger partial charge on any atom is -0.488 e. The van der Waals surface area contributed by atoms with Gasteiger partial charge in [0.1, 0.15) is 17.7 Å². The van der Waals surface area contributed by atoms with Crippen molar-refractivity contribution in [1.82, 2.24) is 14.8 Å². The van der Waals surface area contributed by atoms with E-state index < -0.39 is 24.0 Å². The average molecular weight is 564 g/mol. The highest BCUT2D eigenvalue weighted by atomic mass is 19.1. The zero-order valence-electron chi connectivity index (χ0n) is 23.2. The lowest BCUT2D eigenvalue weighted by Crippen LogP contribution is -2.48. The predicted molar refractivity (Wildman–Crippen MR) is 152 cm³/mol. The number of aliphatic hydroxyl groups is 1. The van der Waals surface area contributed by atoms with Crippen LogP contribution in [0, 0.1) is 11.7 Å². The average Bonchev–Trinajstić information content (AvgIpc) is 3.01. The molecule has 0 unspecified atom stereocenters. The van der Waals surface area contributed by atoms with Gasteiger partial charge in [-0.25, -0.2) is 9.18 Å². The summed E-state index contributed by atoms with van der Waals surface area (Å²) in [7, 11) is 1.62. The molecule has 3 atom stereocenters. The Kier molecular flexibility index (Phi) is 9.51. The number of anilines is 2. The third-order valence-corrected chi connectivity index (χ3v) is 7.01. The summed E-state index contributed by atoms with van der Waals surface area (Å²) >= 11 is 0. The van der Waals surface area contributed by atoms with E-state index in [0.717, 1.165) is 0 Å². The number of nitrogens with one attached hydrogen (secondary N) is 2. The highest BCUT2D eigenvalue weighted by Crippen LogP contribution is 2.29. The molecule has 4 amide bonds. The molecule has 1 aromatic heterocycles. The minimum absolute atomic E-state index is 0.00102. The zero-order valence-corrected chi connectivity index (χ0v) is 23.2. The van der Waals surface area contributed by atoms with E-state index in [2.05, 4.69) is 15.6 Å². The van der Waals surface area contributed by atoms with Gasteiger partial charge >= 0.3 is 6.03 Å². The molecule has 3 N–H and O–H groups in total. The van der Waals surface area contributed by atoms with Gasteiger partial charge in [0.05, 0.1) is 25.6 Å². The van der Waals surface area contributed by atoms with Gasteiger partial charge in [-0.2, -0.15) is 0 Å². The van der Waals surface area contributed by atoms with Crippen LogP contribution < -0.4 is 15.4 Å². The maximum absolute atomic E-state index is 13.4. The van der Waals surface area contributed by atoms with Crippen molar-refractivity contribution >= 4 is 29.2 Å². The highest BCUT2D eigenvalue weighted by Gasteiger charge is 2.32. The molecule has 0 aliphatic carbocycles. The van der Waals surface area contributed by atoms with E-state index in [9.17, 15) is 23.9 Å². The first kappa shape index (κ1) is 29.5. The van der Waals surface area contributed by atoms with Crippen LogP contribution in [0.4, 0.5) is 20.6 Å².